The maximum absolute atomic E-state index is 2.41. The van der Waals surface area contributed by atoms with Crippen LogP contribution in [0.25, 0.3) is 6.08 Å². The maximum Gasteiger partial charge on any atom is 0.00856 e. The lowest BCUT2D eigenvalue weighted by Crippen LogP contribution is -2.11. The quantitative estimate of drug-likeness (QED) is 0.664. The summed E-state index contributed by atoms with van der Waals surface area (Å²) in [5.74, 6) is 1.98. The molecule has 0 heteroatoms. The minimum atomic E-state index is 0.635. The van der Waals surface area contributed by atoms with E-state index in [9.17, 15) is 0 Å². The van der Waals surface area contributed by atoms with E-state index in [1.165, 1.54) is 11.1 Å². The highest BCUT2D eigenvalue weighted by molar-refractivity contribution is 5.68. The molecule has 1 aromatic rings. The number of benzene rings is 1. The van der Waals surface area contributed by atoms with Gasteiger partial charge in [0, 0.05) is 5.92 Å². The Morgan fingerprint density at radius 1 is 1.06 bits per heavy atom. The van der Waals surface area contributed by atoms with Crippen LogP contribution in [0.1, 0.15) is 50.3 Å². The van der Waals surface area contributed by atoms with E-state index in [1.54, 1.807) is 11.1 Å². The van der Waals surface area contributed by atoms with Crippen molar-refractivity contribution in [3.05, 3.63) is 40.5 Å². The van der Waals surface area contributed by atoms with Crippen LogP contribution in [-0.4, -0.2) is 0 Å². The summed E-state index contributed by atoms with van der Waals surface area (Å²) in [6.45, 7) is 11.5. The normalized spacial score (nSPS) is 19.2. The summed E-state index contributed by atoms with van der Waals surface area (Å²) in [5.41, 5.74) is 6.08. The van der Waals surface area contributed by atoms with E-state index in [-0.39, 0.29) is 0 Å². The summed E-state index contributed by atoms with van der Waals surface area (Å²) in [7, 11) is 0. The summed E-state index contributed by atoms with van der Waals surface area (Å²) in [6, 6.07) is 6.67. The fourth-order valence-corrected chi connectivity index (χ4v) is 2.93. The third-order valence-corrected chi connectivity index (χ3v) is 3.68. The van der Waals surface area contributed by atoms with Crippen molar-refractivity contribution in [2.24, 2.45) is 11.8 Å². The van der Waals surface area contributed by atoms with Gasteiger partial charge in [0.1, 0.15) is 0 Å². The summed E-state index contributed by atoms with van der Waals surface area (Å²) >= 11 is 0. The molecule has 1 aliphatic carbocycles. The van der Waals surface area contributed by atoms with E-state index >= 15 is 0 Å². The van der Waals surface area contributed by atoms with Gasteiger partial charge in [0.15, 0.2) is 0 Å². The molecule has 0 spiro atoms. The minimum absolute atomic E-state index is 0.635. The van der Waals surface area contributed by atoms with E-state index in [1.807, 2.05) is 0 Å². The lowest BCUT2D eigenvalue weighted by Gasteiger charge is -2.24. The van der Waals surface area contributed by atoms with Gasteiger partial charge >= 0.3 is 0 Å². The molecule has 0 radical (unpaired) electrons. The highest BCUT2D eigenvalue weighted by Crippen LogP contribution is 2.45. The molecule has 1 atom stereocenters. The number of hydrogen-bond acceptors (Lipinski definition) is 0. The smallest absolute Gasteiger partial charge is 0.00856 e. The third-order valence-electron chi connectivity index (χ3n) is 3.68. The Hall–Kier alpha value is -1.04. The molecule has 16 heavy (non-hydrogen) atoms. The van der Waals surface area contributed by atoms with E-state index in [2.05, 4.69) is 58.9 Å². The maximum atomic E-state index is 2.41. The Morgan fingerprint density at radius 2 is 1.75 bits per heavy atom. The molecule has 1 unspecified atom stereocenters. The van der Waals surface area contributed by atoms with E-state index in [4.69, 9.17) is 0 Å². The standard InChI is InChI=1S/C16H22/c1-10(2)14-9-13-8-6-7-12(5)16(13)15(14)11(3)4/h6-11,15H,1-5H3. The highest BCUT2D eigenvalue weighted by Gasteiger charge is 2.30. The summed E-state index contributed by atoms with van der Waals surface area (Å²) in [6.07, 6.45) is 2.41. The van der Waals surface area contributed by atoms with Gasteiger partial charge in [-0.15, -0.1) is 0 Å². The Balaban J connectivity index is 2.55. The van der Waals surface area contributed by atoms with E-state index in [0.717, 1.165) is 0 Å². The zero-order valence-electron chi connectivity index (χ0n) is 11.0. The molecule has 86 valence electrons. The first-order valence-electron chi connectivity index (χ1n) is 6.33. The molecule has 0 fully saturated rings. The van der Waals surface area contributed by atoms with Crippen LogP contribution < -0.4 is 0 Å². The van der Waals surface area contributed by atoms with Gasteiger partial charge < -0.3 is 0 Å². The molecule has 0 amide bonds. The first kappa shape index (κ1) is 11.4. The molecule has 0 nitrogen and oxygen atoms in total. The fourth-order valence-electron chi connectivity index (χ4n) is 2.93. The van der Waals surface area contributed by atoms with Gasteiger partial charge in [-0.2, -0.15) is 0 Å². The van der Waals surface area contributed by atoms with Crippen molar-refractivity contribution in [2.75, 3.05) is 0 Å². The van der Waals surface area contributed by atoms with Crippen LogP contribution in [0.15, 0.2) is 23.8 Å². The van der Waals surface area contributed by atoms with E-state index in [0.29, 0.717) is 17.8 Å². The number of fused-ring (bicyclic) bond motifs is 1. The van der Waals surface area contributed by atoms with Crippen molar-refractivity contribution in [1.82, 2.24) is 0 Å². The van der Waals surface area contributed by atoms with Gasteiger partial charge in [-0.25, -0.2) is 0 Å². The van der Waals surface area contributed by atoms with Gasteiger partial charge in [0.25, 0.3) is 0 Å². The first-order valence-corrected chi connectivity index (χ1v) is 6.33. The number of rotatable bonds is 2. The van der Waals surface area contributed by atoms with Gasteiger partial charge in [0.2, 0.25) is 0 Å². The van der Waals surface area contributed by atoms with Crippen LogP contribution >= 0.6 is 0 Å². The van der Waals surface area contributed by atoms with Gasteiger partial charge in [-0.05, 0) is 35.4 Å². The lowest BCUT2D eigenvalue weighted by atomic mass is 9.80. The molecule has 1 aliphatic rings. The number of hydrogen-bond donors (Lipinski definition) is 0. The van der Waals surface area contributed by atoms with Crippen molar-refractivity contribution in [2.45, 2.75) is 40.5 Å². The van der Waals surface area contributed by atoms with Gasteiger partial charge in [-0.3, -0.25) is 0 Å². The van der Waals surface area contributed by atoms with Crippen molar-refractivity contribution in [3.8, 4) is 0 Å². The molecular formula is C16H22. The Bertz CT molecular complexity index is 422. The molecule has 0 heterocycles. The second-order valence-electron chi connectivity index (χ2n) is 5.60. The molecule has 2 rings (SSSR count). The van der Waals surface area contributed by atoms with E-state index < -0.39 is 0 Å². The van der Waals surface area contributed by atoms with Crippen LogP contribution in [0.3, 0.4) is 0 Å². The van der Waals surface area contributed by atoms with Crippen molar-refractivity contribution in [3.63, 3.8) is 0 Å². The highest BCUT2D eigenvalue weighted by atomic mass is 14.3. The summed E-state index contributed by atoms with van der Waals surface area (Å²) in [5, 5.41) is 0. The average Bonchev–Trinajstić information content (AvgIpc) is 2.58. The minimum Gasteiger partial charge on any atom is -0.0619 e. The van der Waals surface area contributed by atoms with Crippen molar-refractivity contribution >= 4 is 6.08 Å². The molecule has 0 saturated carbocycles. The second kappa shape index (κ2) is 4.08. The van der Waals surface area contributed by atoms with Crippen LogP contribution in [-0.2, 0) is 0 Å². The second-order valence-corrected chi connectivity index (χ2v) is 5.60. The largest absolute Gasteiger partial charge is 0.0619 e. The summed E-state index contributed by atoms with van der Waals surface area (Å²) in [4.78, 5) is 0. The molecule has 0 aromatic heterocycles. The molecule has 0 N–H and O–H groups in total. The number of aryl methyl sites for hydroxylation is 1. The molecule has 0 bridgehead atoms. The zero-order valence-corrected chi connectivity index (χ0v) is 11.0. The predicted molar refractivity (Wildman–Crippen MR) is 71.6 cm³/mol. The van der Waals surface area contributed by atoms with Crippen molar-refractivity contribution in [1.29, 1.82) is 0 Å². The Labute approximate surface area is 99.4 Å². The van der Waals surface area contributed by atoms with Crippen LogP contribution in [0.2, 0.25) is 0 Å². The van der Waals surface area contributed by atoms with Crippen LogP contribution in [0.4, 0.5) is 0 Å². The first-order chi connectivity index (χ1) is 7.52. The lowest BCUT2D eigenvalue weighted by molar-refractivity contribution is 0.520. The SMILES string of the molecule is Cc1cccc2c1C(C(C)C)C(C(C)C)=C2. The Morgan fingerprint density at radius 3 is 2.31 bits per heavy atom. The molecular weight excluding hydrogens is 192 g/mol. The zero-order chi connectivity index (χ0) is 11.9. The number of allylic oxidation sites excluding steroid dienone is 1. The Kier molecular flexibility index (Phi) is 2.92. The van der Waals surface area contributed by atoms with Crippen LogP contribution in [0.5, 0.6) is 0 Å². The topological polar surface area (TPSA) is 0 Å². The summed E-state index contributed by atoms with van der Waals surface area (Å²) < 4.78 is 0. The third kappa shape index (κ3) is 1.71. The predicted octanol–water partition coefficient (Wildman–Crippen LogP) is 4.79. The fraction of sp³-hybridized carbons (Fsp3) is 0.500. The monoisotopic (exact) mass is 214 g/mol. The van der Waals surface area contributed by atoms with Gasteiger partial charge in [-0.1, -0.05) is 57.5 Å². The molecule has 1 aromatic carbocycles. The van der Waals surface area contributed by atoms with Crippen LogP contribution in [0, 0.1) is 18.8 Å². The molecule has 0 saturated heterocycles. The van der Waals surface area contributed by atoms with Gasteiger partial charge in [0.05, 0.1) is 0 Å². The average molecular weight is 214 g/mol. The molecule has 0 aliphatic heterocycles. The van der Waals surface area contributed by atoms with Crippen molar-refractivity contribution < 1.29 is 0 Å².